The Bertz CT molecular complexity index is 1130. The average molecular weight is 348 g/mol. The molecule has 1 aliphatic heterocycles. The second-order valence-electron chi connectivity index (χ2n) is 6.94. The highest BCUT2D eigenvalue weighted by atomic mass is 16.2. The van der Waals surface area contributed by atoms with Crippen molar-refractivity contribution in [3.05, 3.63) is 68.5 Å². The number of aryl methyl sites for hydroxylation is 3. The van der Waals surface area contributed by atoms with Gasteiger partial charge in [0.05, 0.1) is 35.4 Å². The molecule has 0 atom stereocenters. The van der Waals surface area contributed by atoms with Gasteiger partial charge < -0.3 is 4.90 Å². The van der Waals surface area contributed by atoms with Gasteiger partial charge in [-0.1, -0.05) is 11.6 Å². The van der Waals surface area contributed by atoms with Crippen molar-refractivity contribution in [2.75, 3.05) is 0 Å². The van der Waals surface area contributed by atoms with Crippen LogP contribution in [-0.2, 0) is 20.1 Å². The van der Waals surface area contributed by atoms with Gasteiger partial charge in [0.2, 0.25) is 0 Å². The van der Waals surface area contributed by atoms with Gasteiger partial charge in [-0.2, -0.15) is 0 Å². The van der Waals surface area contributed by atoms with Gasteiger partial charge in [0.1, 0.15) is 5.82 Å². The Kier molecular flexibility index (Phi) is 3.64. The fourth-order valence-corrected chi connectivity index (χ4v) is 3.49. The zero-order valence-corrected chi connectivity index (χ0v) is 15.3. The lowest BCUT2D eigenvalue weighted by Crippen LogP contribution is -2.27. The largest absolute Gasteiger partial charge is 0.328 e. The highest BCUT2D eigenvalue weighted by Gasteiger charge is 2.29. The van der Waals surface area contributed by atoms with Crippen LogP contribution in [0.2, 0.25) is 0 Å². The first-order valence-electron chi connectivity index (χ1n) is 8.58. The summed E-state index contributed by atoms with van der Waals surface area (Å²) in [6, 6.07) is 7.74. The van der Waals surface area contributed by atoms with Crippen molar-refractivity contribution >= 4 is 16.8 Å². The number of carbonyl (C=O) groups excluding carboxylic acids is 1. The summed E-state index contributed by atoms with van der Waals surface area (Å²) in [4.78, 5) is 36.4. The molecule has 0 saturated carbocycles. The molecule has 0 N–H and O–H groups in total. The monoisotopic (exact) mass is 348 g/mol. The molecule has 0 fully saturated rings. The Balaban J connectivity index is 1.78. The maximum atomic E-state index is 13.2. The standard InChI is InChI=1S/C20H20N4O2/c1-11-5-6-17-14(7-11)15(8-12(2)21-17)20(26)24-9-16-18(10-24)22-13(3)23(4)19(16)25/h5-8H,9-10H2,1-4H3. The zero-order chi connectivity index (χ0) is 18.6. The zero-order valence-electron chi connectivity index (χ0n) is 15.3. The molecule has 0 radical (unpaired) electrons. The van der Waals surface area contributed by atoms with Crippen molar-refractivity contribution in [2.45, 2.75) is 33.9 Å². The predicted octanol–water partition coefficient (Wildman–Crippen LogP) is 2.41. The minimum atomic E-state index is -0.0937. The van der Waals surface area contributed by atoms with Gasteiger partial charge in [0, 0.05) is 18.1 Å². The molecule has 1 aliphatic rings. The van der Waals surface area contributed by atoms with Crippen molar-refractivity contribution in [2.24, 2.45) is 7.05 Å². The Hall–Kier alpha value is -3.02. The normalized spacial score (nSPS) is 13.3. The Morgan fingerprint density at radius 2 is 1.85 bits per heavy atom. The fourth-order valence-electron chi connectivity index (χ4n) is 3.49. The van der Waals surface area contributed by atoms with Crippen LogP contribution in [0, 0.1) is 20.8 Å². The smallest absolute Gasteiger partial charge is 0.258 e. The molecule has 1 amide bonds. The quantitative estimate of drug-likeness (QED) is 0.677. The third-order valence-electron chi connectivity index (χ3n) is 4.99. The second kappa shape index (κ2) is 5.76. The molecule has 0 bridgehead atoms. The molecule has 3 heterocycles. The van der Waals surface area contributed by atoms with E-state index in [-0.39, 0.29) is 11.5 Å². The number of benzene rings is 1. The molecule has 4 rings (SSSR count). The van der Waals surface area contributed by atoms with E-state index in [1.165, 1.54) is 4.57 Å². The number of rotatable bonds is 1. The van der Waals surface area contributed by atoms with E-state index < -0.39 is 0 Å². The third kappa shape index (κ3) is 2.49. The van der Waals surface area contributed by atoms with Gasteiger partial charge >= 0.3 is 0 Å². The number of hydrogen-bond acceptors (Lipinski definition) is 4. The molecular formula is C20H20N4O2. The third-order valence-corrected chi connectivity index (χ3v) is 4.99. The number of amides is 1. The summed E-state index contributed by atoms with van der Waals surface area (Å²) in [6.07, 6.45) is 0. The molecule has 26 heavy (non-hydrogen) atoms. The second-order valence-corrected chi connectivity index (χ2v) is 6.94. The summed E-state index contributed by atoms with van der Waals surface area (Å²) in [7, 11) is 1.71. The van der Waals surface area contributed by atoms with Crippen LogP contribution in [0.3, 0.4) is 0 Å². The number of pyridine rings is 1. The van der Waals surface area contributed by atoms with Crippen LogP contribution in [0.4, 0.5) is 0 Å². The molecule has 0 spiro atoms. The summed E-state index contributed by atoms with van der Waals surface area (Å²) < 4.78 is 1.53. The fraction of sp³-hybridized carbons (Fsp3) is 0.300. The first-order valence-corrected chi connectivity index (χ1v) is 8.58. The number of nitrogens with zero attached hydrogens (tertiary/aromatic N) is 4. The predicted molar refractivity (Wildman–Crippen MR) is 99.0 cm³/mol. The Morgan fingerprint density at radius 3 is 2.62 bits per heavy atom. The van der Waals surface area contributed by atoms with E-state index >= 15 is 0 Å². The summed E-state index contributed by atoms with van der Waals surface area (Å²) in [5, 5.41) is 0.841. The first-order chi connectivity index (χ1) is 12.3. The van der Waals surface area contributed by atoms with Crippen LogP contribution in [-0.4, -0.2) is 25.3 Å². The lowest BCUT2D eigenvalue weighted by Gasteiger charge is -2.17. The molecule has 6 heteroatoms. The topological polar surface area (TPSA) is 68.1 Å². The molecule has 1 aromatic carbocycles. The molecule has 0 unspecified atom stereocenters. The Labute approximate surface area is 151 Å². The Morgan fingerprint density at radius 1 is 1.08 bits per heavy atom. The summed E-state index contributed by atoms with van der Waals surface area (Å²) >= 11 is 0. The maximum Gasteiger partial charge on any atom is 0.258 e. The molecule has 0 saturated heterocycles. The van der Waals surface area contributed by atoms with Crippen LogP contribution >= 0.6 is 0 Å². The van der Waals surface area contributed by atoms with Crippen LogP contribution in [0.25, 0.3) is 10.9 Å². The molecule has 0 aliphatic carbocycles. The van der Waals surface area contributed by atoms with E-state index in [1.54, 1.807) is 18.9 Å². The lowest BCUT2D eigenvalue weighted by molar-refractivity contribution is 0.0752. The van der Waals surface area contributed by atoms with Crippen LogP contribution < -0.4 is 5.56 Å². The molecule has 3 aromatic rings. The SMILES string of the molecule is Cc1ccc2nc(C)cc(C(=O)N3Cc4nc(C)n(C)c(=O)c4C3)c2c1. The van der Waals surface area contributed by atoms with Gasteiger partial charge in [0.15, 0.2) is 0 Å². The first kappa shape index (κ1) is 16.4. The van der Waals surface area contributed by atoms with E-state index in [1.807, 2.05) is 38.1 Å². The van der Waals surface area contributed by atoms with E-state index in [4.69, 9.17) is 0 Å². The average Bonchev–Trinajstić information content (AvgIpc) is 3.03. The molecule has 6 nitrogen and oxygen atoms in total. The summed E-state index contributed by atoms with van der Waals surface area (Å²) in [6.45, 7) is 6.34. The van der Waals surface area contributed by atoms with E-state index in [0.717, 1.165) is 22.2 Å². The summed E-state index contributed by atoms with van der Waals surface area (Å²) in [5.41, 5.74) is 4.54. The minimum Gasteiger partial charge on any atom is -0.328 e. The van der Waals surface area contributed by atoms with Crippen molar-refractivity contribution in [3.8, 4) is 0 Å². The molecule has 2 aromatic heterocycles. The minimum absolute atomic E-state index is 0.0746. The van der Waals surface area contributed by atoms with Gasteiger partial charge in [-0.25, -0.2) is 4.98 Å². The van der Waals surface area contributed by atoms with E-state index in [9.17, 15) is 9.59 Å². The highest BCUT2D eigenvalue weighted by molar-refractivity contribution is 6.06. The number of hydrogen-bond donors (Lipinski definition) is 0. The number of aromatic nitrogens is 3. The molecule has 132 valence electrons. The highest BCUT2D eigenvalue weighted by Crippen LogP contribution is 2.25. The van der Waals surface area contributed by atoms with Gasteiger partial charge in [-0.3, -0.25) is 19.1 Å². The maximum absolute atomic E-state index is 13.2. The van der Waals surface area contributed by atoms with Crippen molar-refractivity contribution in [1.82, 2.24) is 19.4 Å². The molecular weight excluding hydrogens is 328 g/mol. The van der Waals surface area contributed by atoms with Crippen molar-refractivity contribution in [1.29, 1.82) is 0 Å². The van der Waals surface area contributed by atoms with Crippen molar-refractivity contribution in [3.63, 3.8) is 0 Å². The van der Waals surface area contributed by atoms with Gasteiger partial charge in [0.25, 0.3) is 11.5 Å². The summed E-state index contributed by atoms with van der Waals surface area (Å²) in [5.74, 6) is 0.563. The van der Waals surface area contributed by atoms with Gasteiger partial charge in [-0.15, -0.1) is 0 Å². The van der Waals surface area contributed by atoms with Crippen LogP contribution in [0.15, 0.2) is 29.1 Å². The van der Waals surface area contributed by atoms with Crippen LogP contribution in [0.1, 0.15) is 38.7 Å². The number of carbonyl (C=O) groups is 1. The van der Waals surface area contributed by atoms with Crippen LogP contribution in [0.5, 0.6) is 0 Å². The van der Waals surface area contributed by atoms with Gasteiger partial charge in [-0.05, 0) is 39.0 Å². The number of fused-ring (bicyclic) bond motifs is 2. The lowest BCUT2D eigenvalue weighted by atomic mass is 10.0. The van der Waals surface area contributed by atoms with E-state index in [2.05, 4.69) is 9.97 Å². The van der Waals surface area contributed by atoms with Crippen molar-refractivity contribution < 1.29 is 4.79 Å². The van der Waals surface area contributed by atoms with E-state index in [0.29, 0.717) is 35.7 Å².